The fourth-order valence-corrected chi connectivity index (χ4v) is 3.08. The molecule has 0 spiro atoms. The SMILES string of the molecule is COc1ccc(-c2nnc(SCC(=O)Nc3nc(C)cs3)o2)cc1. The molecule has 2 aromatic heterocycles. The van der Waals surface area contributed by atoms with E-state index in [-0.39, 0.29) is 11.7 Å². The quantitative estimate of drug-likeness (QED) is 0.673. The van der Waals surface area contributed by atoms with Gasteiger partial charge in [0.25, 0.3) is 5.22 Å². The van der Waals surface area contributed by atoms with Crippen molar-refractivity contribution >= 4 is 34.1 Å². The van der Waals surface area contributed by atoms with E-state index in [4.69, 9.17) is 9.15 Å². The van der Waals surface area contributed by atoms with Gasteiger partial charge in [0.15, 0.2) is 5.13 Å². The number of methoxy groups -OCH3 is 1. The van der Waals surface area contributed by atoms with Gasteiger partial charge in [0.1, 0.15) is 5.75 Å². The summed E-state index contributed by atoms with van der Waals surface area (Å²) in [7, 11) is 1.61. The molecule has 0 bridgehead atoms. The summed E-state index contributed by atoms with van der Waals surface area (Å²) >= 11 is 2.57. The Morgan fingerprint density at radius 1 is 1.33 bits per heavy atom. The van der Waals surface area contributed by atoms with E-state index < -0.39 is 0 Å². The van der Waals surface area contributed by atoms with Crippen LogP contribution in [0.15, 0.2) is 39.3 Å². The van der Waals surface area contributed by atoms with Crippen LogP contribution >= 0.6 is 23.1 Å². The van der Waals surface area contributed by atoms with Gasteiger partial charge in [-0.1, -0.05) is 11.8 Å². The number of anilines is 1. The highest BCUT2D eigenvalue weighted by molar-refractivity contribution is 7.99. The molecule has 7 nitrogen and oxygen atoms in total. The Kier molecular flexibility index (Phi) is 5.11. The summed E-state index contributed by atoms with van der Waals surface area (Å²) in [6.45, 7) is 1.88. The van der Waals surface area contributed by atoms with Crippen molar-refractivity contribution in [2.24, 2.45) is 0 Å². The molecule has 0 aliphatic rings. The first-order valence-electron chi connectivity index (χ1n) is 6.97. The van der Waals surface area contributed by atoms with Gasteiger partial charge in [0.05, 0.1) is 18.6 Å². The predicted octanol–water partition coefficient (Wildman–Crippen LogP) is 3.24. The minimum absolute atomic E-state index is 0.168. The van der Waals surface area contributed by atoms with Gasteiger partial charge in [-0.05, 0) is 31.2 Å². The van der Waals surface area contributed by atoms with Crippen LogP contribution in [0, 0.1) is 6.92 Å². The molecule has 0 fully saturated rings. The standard InChI is InChI=1S/C15H14N4O3S2/c1-9-7-23-14(16-9)17-12(20)8-24-15-19-18-13(22-15)10-3-5-11(21-2)6-4-10/h3-7H,8H2,1-2H3,(H,16,17,20). The van der Waals surface area contributed by atoms with Gasteiger partial charge in [0.2, 0.25) is 11.8 Å². The number of carbonyl (C=O) groups excluding carboxylic acids is 1. The van der Waals surface area contributed by atoms with Gasteiger partial charge in [-0.25, -0.2) is 4.98 Å². The van der Waals surface area contributed by atoms with E-state index in [1.165, 1.54) is 23.1 Å². The van der Waals surface area contributed by atoms with Crippen molar-refractivity contribution in [1.29, 1.82) is 0 Å². The monoisotopic (exact) mass is 362 g/mol. The second kappa shape index (κ2) is 7.45. The molecule has 9 heteroatoms. The molecule has 0 unspecified atom stereocenters. The zero-order valence-corrected chi connectivity index (χ0v) is 14.6. The van der Waals surface area contributed by atoms with Gasteiger partial charge >= 0.3 is 0 Å². The maximum absolute atomic E-state index is 11.9. The van der Waals surface area contributed by atoms with Crippen LogP contribution in [0.3, 0.4) is 0 Å². The molecule has 1 N–H and O–H groups in total. The Morgan fingerprint density at radius 2 is 2.12 bits per heavy atom. The highest BCUT2D eigenvalue weighted by Crippen LogP contribution is 2.25. The minimum atomic E-state index is -0.168. The molecule has 3 rings (SSSR count). The van der Waals surface area contributed by atoms with E-state index in [0.29, 0.717) is 16.2 Å². The van der Waals surface area contributed by atoms with E-state index in [1.807, 2.05) is 36.6 Å². The van der Waals surface area contributed by atoms with Crippen LogP contribution in [0.5, 0.6) is 5.75 Å². The molecule has 1 aromatic carbocycles. The third-order valence-electron chi connectivity index (χ3n) is 2.94. The van der Waals surface area contributed by atoms with Gasteiger partial charge < -0.3 is 14.5 Å². The molecule has 0 saturated heterocycles. The summed E-state index contributed by atoms with van der Waals surface area (Å²) in [4.78, 5) is 16.1. The van der Waals surface area contributed by atoms with Crippen molar-refractivity contribution in [3.8, 4) is 17.2 Å². The Balaban J connectivity index is 1.56. The van der Waals surface area contributed by atoms with Crippen LogP contribution in [0.1, 0.15) is 5.69 Å². The van der Waals surface area contributed by atoms with Gasteiger partial charge in [-0.2, -0.15) is 0 Å². The molecular formula is C15H14N4O3S2. The molecule has 1 amide bonds. The summed E-state index contributed by atoms with van der Waals surface area (Å²) in [5, 5.41) is 13.5. The van der Waals surface area contributed by atoms with Crippen LogP contribution in [-0.4, -0.2) is 34.0 Å². The predicted molar refractivity (Wildman–Crippen MR) is 92.5 cm³/mol. The number of benzene rings is 1. The zero-order valence-electron chi connectivity index (χ0n) is 13.0. The first kappa shape index (κ1) is 16.5. The molecular weight excluding hydrogens is 348 g/mol. The number of amides is 1. The van der Waals surface area contributed by atoms with E-state index in [9.17, 15) is 4.79 Å². The molecule has 3 aromatic rings. The molecule has 24 heavy (non-hydrogen) atoms. The van der Waals surface area contributed by atoms with Gasteiger partial charge in [-0.3, -0.25) is 4.79 Å². The molecule has 0 radical (unpaired) electrons. The summed E-state index contributed by atoms with van der Waals surface area (Å²) in [6.07, 6.45) is 0. The topological polar surface area (TPSA) is 90.1 Å². The van der Waals surface area contributed by atoms with E-state index in [1.54, 1.807) is 7.11 Å². The van der Waals surface area contributed by atoms with Crippen molar-refractivity contribution in [2.75, 3.05) is 18.2 Å². The summed E-state index contributed by atoms with van der Waals surface area (Å²) in [5.74, 6) is 1.15. The maximum atomic E-state index is 11.9. The maximum Gasteiger partial charge on any atom is 0.277 e. The molecule has 0 aliphatic carbocycles. The molecule has 0 saturated carbocycles. The fraction of sp³-hybridized carbons (Fsp3) is 0.200. The normalized spacial score (nSPS) is 10.6. The van der Waals surface area contributed by atoms with Crippen molar-refractivity contribution in [2.45, 2.75) is 12.1 Å². The zero-order chi connectivity index (χ0) is 16.9. The lowest BCUT2D eigenvalue weighted by molar-refractivity contribution is -0.113. The Bertz CT molecular complexity index is 829. The summed E-state index contributed by atoms with van der Waals surface area (Å²) < 4.78 is 10.7. The largest absolute Gasteiger partial charge is 0.497 e. The average molecular weight is 362 g/mol. The lowest BCUT2D eigenvalue weighted by Gasteiger charge is -1.99. The number of nitrogens with zero attached hydrogens (tertiary/aromatic N) is 3. The third-order valence-corrected chi connectivity index (χ3v) is 4.63. The number of aromatic nitrogens is 3. The van der Waals surface area contributed by atoms with Crippen molar-refractivity contribution < 1.29 is 13.9 Å². The van der Waals surface area contributed by atoms with Crippen LogP contribution in [0.4, 0.5) is 5.13 Å². The second-order valence-corrected chi connectivity index (χ2v) is 6.52. The number of carbonyl (C=O) groups is 1. The van der Waals surface area contributed by atoms with Crippen molar-refractivity contribution in [3.63, 3.8) is 0 Å². The van der Waals surface area contributed by atoms with E-state index in [2.05, 4.69) is 20.5 Å². The number of aryl methyl sites for hydroxylation is 1. The molecule has 2 heterocycles. The van der Waals surface area contributed by atoms with Crippen LogP contribution in [-0.2, 0) is 4.79 Å². The lowest BCUT2D eigenvalue weighted by Crippen LogP contribution is -2.13. The van der Waals surface area contributed by atoms with Crippen molar-refractivity contribution in [3.05, 3.63) is 35.3 Å². The van der Waals surface area contributed by atoms with E-state index in [0.717, 1.165) is 17.0 Å². The lowest BCUT2D eigenvalue weighted by atomic mass is 10.2. The number of hydrogen-bond donors (Lipinski definition) is 1. The Morgan fingerprint density at radius 3 is 2.79 bits per heavy atom. The first-order valence-corrected chi connectivity index (χ1v) is 8.83. The van der Waals surface area contributed by atoms with E-state index >= 15 is 0 Å². The Hall–Kier alpha value is -2.39. The third kappa shape index (κ3) is 4.12. The van der Waals surface area contributed by atoms with Gasteiger partial charge in [-0.15, -0.1) is 21.5 Å². The molecule has 124 valence electrons. The molecule has 0 aliphatic heterocycles. The first-order chi connectivity index (χ1) is 11.6. The molecule has 0 atom stereocenters. The minimum Gasteiger partial charge on any atom is -0.497 e. The van der Waals surface area contributed by atoms with Crippen LogP contribution in [0.25, 0.3) is 11.5 Å². The fourth-order valence-electron chi connectivity index (χ4n) is 1.81. The number of rotatable bonds is 6. The number of thiazole rings is 1. The van der Waals surface area contributed by atoms with Crippen molar-refractivity contribution in [1.82, 2.24) is 15.2 Å². The van der Waals surface area contributed by atoms with Crippen LogP contribution < -0.4 is 10.1 Å². The summed E-state index contributed by atoms with van der Waals surface area (Å²) in [6, 6.07) is 7.29. The average Bonchev–Trinajstić information content (AvgIpc) is 3.22. The Labute approximate surface area is 146 Å². The van der Waals surface area contributed by atoms with Crippen LogP contribution in [0.2, 0.25) is 0 Å². The number of hydrogen-bond acceptors (Lipinski definition) is 8. The second-order valence-electron chi connectivity index (χ2n) is 4.73. The number of thioether (sulfide) groups is 1. The number of nitrogens with one attached hydrogen (secondary N) is 1. The summed E-state index contributed by atoms with van der Waals surface area (Å²) in [5.41, 5.74) is 1.67. The number of ether oxygens (including phenoxy) is 1. The highest BCUT2D eigenvalue weighted by Gasteiger charge is 2.12. The highest BCUT2D eigenvalue weighted by atomic mass is 32.2. The van der Waals surface area contributed by atoms with Gasteiger partial charge in [0, 0.05) is 10.9 Å². The smallest absolute Gasteiger partial charge is 0.277 e.